The fraction of sp³-hybridized carbons (Fsp3) is 0.211. The van der Waals surface area contributed by atoms with Crippen LogP contribution in [-0.2, 0) is 0 Å². The van der Waals surface area contributed by atoms with Crippen LogP contribution in [0.15, 0.2) is 55.6 Å². The summed E-state index contributed by atoms with van der Waals surface area (Å²) in [5.41, 5.74) is -0.923. The minimum Gasteiger partial charge on any atom is -0.483 e. The number of hydrogen-bond acceptors (Lipinski definition) is 6. The van der Waals surface area contributed by atoms with E-state index in [0.29, 0.717) is 26.5 Å². The van der Waals surface area contributed by atoms with E-state index in [9.17, 15) is 19.7 Å². The molecule has 10 heteroatoms. The topological polar surface area (TPSA) is 120 Å². The highest BCUT2D eigenvalue weighted by Crippen LogP contribution is 2.34. The summed E-state index contributed by atoms with van der Waals surface area (Å²) in [4.78, 5) is 38.4. The number of nitrogens with zero attached hydrogens (tertiary/aromatic N) is 3. The van der Waals surface area contributed by atoms with Gasteiger partial charge in [0.15, 0.2) is 0 Å². The first-order valence-corrected chi connectivity index (χ1v) is 9.54. The van der Waals surface area contributed by atoms with Crippen LogP contribution in [0.4, 0.5) is 5.69 Å². The Morgan fingerprint density at radius 1 is 1.34 bits per heavy atom. The smallest absolute Gasteiger partial charge is 0.349 e. The van der Waals surface area contributed by atoms with Crippen molar-refractivity contribution in [1.82, 2.24) is 9.66 Å². The number of benzene rings is 2. The van der Waals surface area contributed by atoms with Crippen LogP contribution in [0.2, 0.25) is 0 Å². The molecule has 29 heavy (non-hydrogen) atoms. The number of para-hydroxylation sites is 1. The number of hydrogen-bond donors (Lipinski definition) is 1. The molecule has 0 aliphatic heterocycles. The summed E-state index contributed by atoms with van der Waals surface area (Å²) in [6.07, 6.45) is 1.54. The van der Waals surface area contributed by atoms with Crippen molar-refractivity contribution in [3.05, 3.63) is 77.4 Å². The zero-order chi connectivity index (χ0) is 21.1. The summed E-state index contributed by atoms with van der Waals surface area (Å²) in [5, 5.41) is 15.7. The van der Waals surface area contributed by atoms with Crippen molar-refractivity contribution in [3.63, 3.8) is 0 Å². The summed E-state index contributed by atoms with van der Waals surface area (Å²) < 4.78 is 6.84. The van der Waals surface area contributed by atoms with E-state index in [1.54, 1.807) is 37.3 Å². The molecule has 1 atom stereocenters. The van der Waals surface area contributed by atoms with Gasteiger partial charge in [-0.1, -0.05) is 35.0 Å². The van der Waals surface area contributed by atoms with Gasteiger partial charge in [0, 0.05) is 16.1 Å². The molecule has 0 fully saturated rings. The Morgan fingerprint density at radius 2 is 2.07 bits per heavy atom. The third-order valence-corrected chi connectivity index (χ3v) is 4.71. The maximum Gasteiger partial charge on any atom is 0.349 e. The molecule has 0 amide bonds. The lowest BCUT2D eigenvalue weighted by atomic mass is 10.2. The molecule has 3 rings (SSSR count). The van der Waals surface area contributed by atoms with Gasteiger partial charge in [-0.25, -0.2) is 4.79 Å². The van der Waals surface area contributed by atoms with Crippen molar-refractivity contribution in [3.8, 4) is 5.75 Å². The fourth-order valence-electron chi connectivity index (χ4n) is 2.62. The van der Waals surface area contributed by atoms with E-state index in [0.717, 1.165) is 0 Å². The second-order valence-corrected chi connectivity index (χ2v) is 7.19. The van der Waals surface area contributed by atoms with Crippen molar-refractivity contribution in [2.24, 2.45) is 5.10 Å². The van der Waals surface area contributed by atoms with Crippen molar-refractivity contribution >= 4 is 38.7 Å². The van der Waals surface area contributed by atoms with Crippen LogP contribution >= 0.6 is 15.9 Å². The van der Waals surface area contributed by atoms with Crippen LogP contribution < -0.4 is 16.0 Å². The molecule has 0 saturated heterocycles. The standard InChI is InChI=1S/C19H17BrN4O5/c1-3-11(2)29-17-12(8-13(20)9-16(17)24(27)28)10-21-23-18(25)14-6-4-5-7-15(14)22-19(23)26/h4-11H,3H2,1-2H3,(H,22,26). The minimum absolute atomic E-state index is 0.0153. The maximum atomic E-state index is 12.6. The Hall–Kier alpha value is -3.27. The third-order valence-electron chi connectivity index (χ3n) is 4.25. The molecule has 1 aromatic heterocycles. The highest BCUT2D eigenvalue weighted by atomic mass is 79.9. The van der Waals surface area contributed by atoms with E-state index >= 15 is 0 Å². The number of fused-ring (bicyclic) bond motifs is 1. The molecule has 1 heterocycles. The zero-order valence-electron chi connectivity index (χ0n) is 15.6. The van der Waals surface area contributed by atoms with Gasteiger partial charge < -0.3 is 9.72 Å². The lowest BCUT2D eigenvalue weighted by Gasteiger charge is -2.15. The Kier molecular flexibility index (Phi) is 5.92. The zero-order valence-corrected chi connectivity index (χ0v) is 17.2. The number of aromatic amines is 1. The average molecular weight is 461 g/mol. The van der Waals surface area contributed by atoms with Gasteiger partial charge >= 0.3 is 11.4 Å². The molecular formula is C19H17BrN4O5. The molecular weight excluding hydrogens is 444 g/mol. The molecule has 0 spiro atoms. The largest absolute Gasteiger partial charge is 0.483 e. The molecule has 2 aromatic carbocycles. The molecule has 0 aliphatic carbocycles. The second kappa shape index (κ2) is 8.39. The van der Waals surface area contributed by atoms with Crippen molar-refractivity contribution in [1.29, 1.82) is 0 Å². The SMILES string of the molecule is CCC(C)Oc1c(C=Nn2c(=O)[nH]c3ccccc3c2=O)cc(Br)cc1[N+](=O)[O-]. The maximum absolute atomic E-state index is 12.6. The monoisotopic (exact) mass is 460 g/mol. The van der Waals surface area contributed by atoms with Crippen LogP contribution in [-0.4, -0.2) is 26.9 Å². The summed E-state index contributed by atoms with van der Waals surface area (Å²) in [5.74, 6) is 0.0153. The first-order chi connectivity index (χ1) is 13.8. The minimum atomic E-state index is -0.723. The van der Waals surface area contributed by atoms with Gasteiger partial charge in [0.05, 0.1) is 28.1 Å². The summed E-state index contributed by atoms with van der Waals surface area (Å²) in [6.45, 7) is 3.67. The van der Waals surface area contributed by atoms with Crippen molar-refractivity contribution < 1.29 is 9.66 Å². The number of nitrogens with one attached hydrogen (secondary N) is 1. The Balaban J connectivity index is 2.16. The Morgan fingerprint density at radius 3 is 2.76 bits per heavy atom. The van der Waals surface area contributed by atoms with Crippen LogP contribution in [0.3, 0.4) is 0 Å². The molecule has 3 aromatic rings. The van der Waals surface area contributed by atoms with Gasteiger partial charge in [-0.2, -0.15) is 5.10 Å². The summed E-state index contributed by atoms with van der Waals surface area (Å²) in [6, 6.07) is 9.44. The second-order valence-electron chi connectivity index (χ2n) is 6.27. The quantitative estimate of drug-likeness (QED) is 0.343. The van der Waals surface area contributed by atoms with Gasteiger partial charge in [-0.05, 0) is 31.5 Å². The molecule has 1 N–H and O–H groups in total. The number of ether oxygens (including phenoxy) is 1. The molecule has 1 unspecified atom stereocenters. The lowest BCUT2D eigenvalue weighted by Crippen LogP contribution is -2.32. The number of nitro groups is 1. The van der Waals surface area contributed by atoms with Crippen molar-refractivity contribution in [2.75, 3.05) is 0 Å². The van der Waals surface area contributed by atoms with Gasteiger partial charge in [-0.15, -0.1) is 4.68 Å². The molecule has 9 nitrogen and oxygen atoms in total. The predicted octanol–water partition coefficient (Wildman–Crippen LogP) is 3.42. The highest BCUT2D eigenvalue weighted by Gasteiger charge is 2.22. The summed E-state index contributed by atoms with van der Waals surface area (Å²) in [7, 11) is 0. The molecule has 150 valence electrons. The molecule has 0 saturated carbocycles. The van der Waals surface area contributed by atoms with Crippen LogP contribution in [0, 0.1) is 10.1 Å². The number of aromatic nitrogens is 2. The Bertz CT molecular complexity index is 1230. The van der Waals surface area contributed by atoms with Gasteiger partial charge in [0.2, 0.25) is 5.75 Å². The predicted molar refractivity (Wildman–Crippen MR) is 113 cm³/mol. The number of nitro benzene ring substituents is 1. The van der Waals surface area contributed by atoms with E-state index in [1.807, 2.05) is 6.92 Å². The van der Waals surface area contributed by atoms with E-state index in [-0.39, 0.29) is 23.1 Å². The normalized spacial score (nSPS) is 12.4. The van der Waals surface area contributed by atoms with Gasteiger partial charge in [0.25, 0.3) is 5.56 Å². The Labute approximate surface area is 172 Å². The van der Waals surface area contributed by atoms with E-state index in [1.165, 1.54) is 12.3 Å². The highest BCUT2D eigenvalue weighted by molar-refractivity contribution is 9.10. The van der Waals surface area contributed by atoms with Crippen molar-refractivity contribution in [2.45, 2.75) is 26.4 Å². The third kappa shape index (κ3) is 4.27. The average Bonchev–Trinajstić information content (AvgIpc) is 2.68. The first-order valence-electron chi connectivity index (χ1n) is 8.74. The fourth-order valence-corrected chi connectivity index (χ4v) is 3.09. The lowest BCUT2D eigenvalue weighted by molar-refractivity contribution is -0.386. The number of H-pyrrole nitrogens is 1. The summed E-state index contributed by atoms with van der Waals surface area (Å²) >= 11 is 3.23. The van der Waals surface area contributed by atoms with Crippen LogP contribution in [0.25, 0.3) is 10.9 Å². The molecule has 0 bridgehead atoms. The molecule has 0 aliphatic rings. The number of rotatable bonds is 6. The van der Waals surface area contributed by atoms with Gasteiger partial charge in [-0.3, -0.25) is 14.9 Å². The van der Waals surface area contributed by atoms with Crippen LogP contribution in [0.5, 0.6) is 5.75 Å². The first kappa shape index (κ1) is 20.5. The van der Waals surface area contributed by atoms with Crippen LogP contribution in [0.1, 0.15) is 25.8 Å². The van der Waals surface area contributed by atoms with E-state index < -0.39 is 16.2 Å². The molecule has 0 radical (unpaired) electrons. The van der Waals surface area contributed by atoms with E-state index in [4.69, 9.17) is 4.74 Å². The van der Waals surface area contributed by atoms with E-state index in [2.05, 4.69) is 26.0 Å². The number of halogens is 1. The van der Waals surface area contributed by atoms with Gasteiger partial charge in [0.1, 0.15) is 0 Å².